The maximum Gasteiger partial charge on any atom is 0.288 e. The number of allylic oxidation sites excluding steroid dienone is 1. The Balaban J connectivity index is 1.12. The summed E-state index contributed by atoms with van der Waals surface area (Å²) >= 11 is 1.56. The lowest BCUT2D eigenvalue weighted by atomic mass is 9.85. The highest BCUT2D eigenvalue weighted by atomic mass is 32.2. The number of rotatable bonds is 12. The molecule has 2 amide bonds. The summed E-state index contributed by atoms with van der Waals surface area (Å²) in [6.07, 6.45) is 2.42. The van der Waals surface area contributed by atoms with Crippen molar-refractivity contribution in [3.63, 3.8) is 0 Å². The predicted molar refractivity (Wildman–Crippen MR) is 180 cm³/mol. The number of hydrogen-bond donors (Lipinski definition) is 2. The molecule has 0 bridgehead atoms. The second-order valence-electron chi connectivity index (χ2n) is 11.9. The average Bonchev–Trinajstić information content (AvgIpc) is 3.77. The van der Waals surface area contributed by atoms with Gasteiger partial charge in [-0.2, -0.15) is 15.6 Å². The topological polar surface area (TPSA) is 138 Å². The number of thiophene rings is 1. The first-order valence-corrected chi connectivity index (χ1v) is 18.3. The third-order valence-corrected chi connectivity index (χ3v) is 11.8. The quantitative estimate of drug-likeness (QED) is 0.293. The van der Waals surface area contributed by atoms with Gasteiger partial charge in [-0.25, -0.2) is 8.42 Å². The SMILES string of the molecule is COc1ccc(S(=O)(=O)N(CCO)CCOC2CC(c3ccsc3)C=C(C(=O)N3CCC4(CC3)C(=O)NCN4c3ccccc3)O2)cc1. The van der Waals surface area contributed by atoms with Crippen LogP contribution in [0, 0.1) is 0 Å². The Morgan fingerprint density at radius 3 is 2.52 bits per heavy atom. The van der Waals surface area contributed by atoms with Crippen molar-refractivity contribution in [2.75, 3.05) is 58.1 Å². The van der Waals surface area contributed by atoms with Crippen LogP contribution in [0.2, 0.25) is 0 Å². The molecule has 3 aromatic rings. The van der Waals surface area contributed by atoms with Gasteiger partial charge in [0.25, 0.3) is 5.91 Å². The fraction of sp³-hybridized carbons (Fsp3) is 0.412. The van der Waals surface area contributed by atoms with E-state index in [-0.39, 0.29) is 54.7 Å². The van der Waals surface area contributed by atoms with E-state index < -0.39 is 21.9 Å². The van der Waals surface area contributed by atoms with E-state index in [1.54, 1.807) is 28.4 Å². The standard InChI is InChI=1S/C34H40N4O8S2/c1-44-28-7-9-29(10-8-28)48(42,43)37(16-18-39)17-19-45-31-22-26(25-11-20-47-23-25)21-30(46-31)32(40)36-14-12-34(13-15-36)33(41)35-24-38(34)27-5-3-2-4-6-27/h2-11,20-21,23,26,31,39H,12-19,22,24H2,1H3,(H,35,41). The van der Waals surface area contributed by atoms with Crippen molar-refractivity contribution in [2.24, 2.45) is 0 Å². The molecule has 1 aromatic heterocycles. The molecule has 0 aliphatic carbocycles. The first-order chi connectivity index (χ1) is 23.2. The fourth-order valence-electron chi connectivity index (χ4n) is 6.54. The summed E-state index contributed by atoms with van der Waals surface area (Å²) in [6.45, 7) is 0.658. The Morgan fingerprint density at radius 2 is 1.85 bits per heavy atom. The number of anilines is 1. The van der Waals surface area contributed by atoms with E-state index in [4.69, 9.17) is 14.2 Å². The molecule has 1 spiro atoms. The second kappa shape index (κ2) is 14.7. The number of nitrogens with one attached hydrogen (secondary N) is 1. The molecule has 2 unspecified atom stereocenters. The van der Waals surface area contributed by atoms with Crippen LogP contribution in [0.4, 0.5) is 5.69 Å². The van der Waals surface area contributed by atoms with Crippen molar-refractivity contribution < 1.29 is 37.3 Å². The summed E-state index contributed by atoms with van der Waals surface area (Å²) in [7, 11) is -2.42. The predicted octanol–water partition coefficient (Wildman–Crippen LogP) is 3.13. The van der Waals surface area contributed by atoms with Gasteiger partial charge in [-0.05, 0) is 77.7 Å². The van der Waals surface area contributed by atoms with Crippen LogP contribution in [0.3, 0.4) is 0 Å². The highest BCUT2D eigenvalue weighted by molar-refractivity contribution is 7.89. The van der Waals surface area contributed by atoms with Crippen LogP contribution >= 0.6 is 11.3 Å². The number of nitrogens with zero attached hydrogens (tertiary/aromatic N) is 3. The van der Waals surface area contributed by atoms with Gasteiger partial charge in [0, 0.05) is 44.2 Å². The van der Waals surface area contributed by atoms with E-state index in [9.17, 15) is 23.1 Å². The molecule has 0 radical (unpaired) electrons. The minimum Gasteiger partial charge on any atom is -0.497 e. The molecular weight excluding hydrogens is 657 g/mol. The van der Waals surface area contributed by atoms with Crippen molar-refractivity contribution in [3.8, 4) is 5.75 Å². The molecule has 2 aromatic carbocycles. The first-order valence-electron chi connectivity index (χ1n) is 15.9. The number of hydrogen-bond acceptors (Lipinski definition) is 10. The van der Waals surface area contributed by atoms with Gasteiger partial charge in [0.1, 0.15) is 11.3 Å². The molecule has 12 nitrogen and oxygen atoms in total. The first kappa shape index (κ1) is 33.9. The highest BCUT2D eigenvalue weighted by Crippen LogP contribution is 2.38. The molecule has 14 heteroatoms. The van der Waals surface area contributed by atoms with Crippen LogP contribution < -0.4 is 15.0 Å². The summed E-state index contributed by atoms with van der Waals surface area (Å²) in [5.74, 6) is 0.262. The van der Waals surface area contributed by atoms with Gasteiger partial charge in [0.15, 0.2) is 5.76 Å². The minimum atomic E-state index is -3.92. The summed E-state index contributed by atoms with van der Waals surface area (Å²) in [6, 6.07) is 17.9. The number of aliphatic hydroxyl groups excluding tert-OH is 1. The van der Waals surface area contributed by atoms with Crippen LogP contribution in [0.25, 0.3) is 0 Å². The Morgan fingerprint density at radius 1 is 1.10 bits per heavy atom. The maximum atomic E-state index is 13.9. The number of aliphatic hydroxyl groups is 1. The van der Waals surface area contributed by atoms with Gasteiger partial charge in [-0.3, -0.25) is 9.59 Å². The number of piperidine rings is 1. The molecule has 2 fully saturated rings. The Kier molecular flexibility index (Phi) is 10.4. The van der Waals surface area contributed by atoms with E-state index in [0.717, 1.165) is 15.6 Å². The van der Waals surface area contributed by atoms with Gasteiger partial charge in [-0.15, -0.1) is 0 Å². The lowest BCUT2D eigenvalue weighted by molar-refractivity contribution is -0.154. The van der Waals surface area contributed by atoms with Gasteiger partial charge in [0.2, 0.25) is 22.2 Å². The van der Waals surface area contributed by atoms with Crippen LogP contribution in [0.5, 0.6) is 5.75 Å². The highest BCUT2D eigenvalue weighted by Gasteiger charge is 2.51. The molecule has 2 N–H and O–H groups in total. The minimum absolute atomic E-state index is 0.0193. The van der Waals surface area contributed by atoms with Crippen molar-refractivity contribution in [1.82, 2.24) is 14.5 Å². The molecule has 256 valence electrons. The molecule has 2 atom stereocenters. The van der Waals surface area contributed by atoms with E-state index in [2.05, 4.69) is 10.2 Å². The van der Waals surface area contributed by atoms with Crippen LogP contribution in [0.1, 0.15) is 30.7 Å². The number of methoxy groups -OCH3 is 1. The number of likely N-dealkylation sites (tertiary alicyclic amines) is 1. The van der Waals surface area contributed by atoms with Gasteiger partial charge in [-0.1, -0.05) is 18.2 Å². The number of benzene rings is 2. The number of ether oxygens (including phenoxy) is 3. The molecule has 3 aliphatic heterocycles. The number of sulfonamides is 1. The zero-order chi connectivity index (χ0) is 33.7. The average molecular weight is 697 g/mol. The van der Waals surface area contributed by atoms with E-state index in [0.29, 0.717) is 44.8 Å². The molecule has 48 heavy (non-hydrogen) atoms. The van der Waals surface area contributed by atoms with Crippen molar-refractivity contribution in [3.05, 3.63) is 88.8 Å². The fourth-order valence-corrected chi connectivity index (χ4v) is 8.68. The molecular formula is C34H40N4O8S2. The number of carbonyl (C=O) groups excluding carboxylic acids is 2. The van der Waals surface area contributed by atoms with Gasteiger partial charge < -0.3 is 34.4 Å². The molecule has 4 heterocycles. The smallest absolute Gasteiger partial charge is 0.288 e. The van der Waals surface area contributed by atoms with Crippen LogP contribution in [0.15, 0.2) is 88.2 Å². The molecule has 2 saturated heterocycles. The van der Waals surface area contributed by atoms with Crippen LogP contribution in [-0.4, -0.2) is 99.5 Å². The van der Waals surface area contributed by atoms with Gasteiger partial charge >= 0.3 is 0 Å². The molecule has 6 rings (SSSR count). The van der Waals surface area contributed by atoms with Crippen molar-refractivity contribution >= 4 is 38.9 Å². The summed E-state index contributed by atoms with van der Waals surface area (Å²) in [5.41, 5.74) is 1.27. The number of para-hydroxylation sites is 1. The van der Waals surface area contributed by atoms with E-state index >= 15 is 0 Å². The largest absolute Gasteiger partial charge is 0.497 e. The zero-order valence-corrected chi connectivity index (χ0v) is 28.3. The number of carbonyl (C=O) groups is 2. The zero-order valence-electron chi connectivity index (χ0n) is 26.7. The van der Waals surface area contributed by atoms with E-state index in [1.165, 1.54) is 19.2 Å². The number of amides is 2. The summed E-state index contributed by atoms with van der Waals surface area (Å²) < 4.78 is 45.2. The molecule has 0 saturated carbocycles. The van der Waals surface area contributed by atoms with Crippen molar-refractivity contribution in [1.29, 1.82) is 0 Å². The Bertz CT molecular complexity index is 1690. The third-order valence-electron chi connectivity index (χ3n) is 9.21. The molecule has 3 aliphatic rings. The lowest BCUT2D eigenvalue weighted by Gasteiger charge is -2.43. The summed E-state index contributed by atoms with van der Waals surface area (Å²) in [5, 5.41) is 16.6. The Hall–Kier alpha value is -3.95. The van der Waals surface area contributed by atoms with E-state index in [1.807, 2.05) is 53.2 Å². The maximum absolute atomic E-state index is 13.9. The van der Waals surface area contributed by atoms with Gasteiger partial charge in [0.05, 0.1) is 31.9 Å². The normalized spacial score (nSPS) is 20.8. The third kappa shape index (κ3) is 6.94. The Labute approximate surface area is 284 Å². The van der Waals surface area contributed by atoms with Crippen molar-refractivity contribution in [2.45, 2.75) is 41.9 Å². The second-order valence-corrected chi connectivity index (χ2v) is 14.6. The van der Waals surface area contributed by atoms with Crippen LogP contribution in [-0.2, 0) is 29.1 Å². The summed E-state index contributed by atoms with van der Waals surface area (Å²) in [4.78, 5) is 30.9. The lowest BCUT2D eigenvalue weighted by Crippen LogP contribution is -2.57. The monoisotopic (exact) mass is 696 g/mol.